The van der Waals surface area contributed by atoms with E-state index in [9.17, 15) is 5.53 Å². The van der Waals surface area contributed by atoms with Gasteiger partial charge in [0, 0.05) is 16.7 Å². The normalized spacial score (nSPS) is 13.5. The fourth-order valence-electron chi connectivity index (χ4n) is 7.61. The van der Waals surface area contributed by atoms with Crippen LogP contribution in [-0.4, -0.2) is 4.70 Å². The fourth-order valence-corrected chi connectivity index (χ4v) is 7.61. The molecular formula is C49H76N2. The lowest BCUT2D eigenvalue weighted by Gasteiger charge is -2.11. The lowest BCUT2D eigenvalue weighted by Crippen LogP contribution is -2.03. The summed E-state index contributed by atoms with van der Waals surface area (Å²) in [6.45, 7) is 9.09. The van der Waals surface area contributed by atoms with E-state index >= 15 is 0 Å². The Morgan fingerprint density at radius 2 is 0.824 bits per heavy atom. The third-order valence-electron chi connectivity index (χ3n) is 10.9. The van der Waals surface area contributed by atoms with E-state index in [1.54, 1.807) is 0 Å². The second-order valence-corrected chi connectivity index (χ2v) is 15.5. The van der Waals surface area contributed by atoms with Crippen LogP contribution in [0, 0.1) is 0 Å². The molecule has 0 N–H and O–H groups in total. The summed E-state index contributed by atoms with van der Waals surface area (Å²) >= 11 is 0. The molecule has 0 unspecified atom stereocenters. The smallest absolute Gasteiger partial charge is 0.215 e. The van der Waals surface area contributed by atoms with Crippen molar-refractivity contribution in [3.8, 4) is 0 Å². The molecule has 0 fully saturated rings. The molecule has 2 nitrogen and oxygen atoms in total. The minimum absolute atomic E-state index is 0.941. The standard InChI is InChI=1S/C49H76N2/c1-5-9-13-15-16-17-18-19-20-21-22-23-24-25-26-27-29-33-47-46(32-12-8-4)48(44-38-34-42(35-39-44)30-11-7-3)51(50)49(47)45-40-36-43(37-41-45)31-28-14-10-6-2/h29,33-41H,5-28,30-32H2,1-4H3. The third-order valence-corrected chi connectivity index (χ3v) is 10.9. The van der Waals surface area contributed by atoms with Crippen LogP contribution >= 0.6 is 0 Å². The summed E-state index contributed by atoms with van der Waals surface area (Å²) in [5.74, 6) is 0. The maximum atomic E-state index is 12.0. The first kappa shape index (κ1) is 42.7. The van der Waals surface area contributed by atoms with Crippen LogP contribution in [0.4, 0.5) is 0 Å². The van der Waals surface area contributed by atoms with Gasteiger partial charge in [-0.05, 0) is 86.8 Å². The van der Waals surface area contributed by atoms with Gasteiger partial charge in [0.1, 0.15) is 0 Å². The molecule has 0 saturated heterocycles. The van der Waals surface area contributed by atoms with Crippen molar-refractivity contribution in [3.05, 3.63) is 99.6 Å². The molecule has 1 aliphatic rings. The van der Waals surface area contributed by atoms with E-state index in [1.807, 2.05) is 0 Å². The Labute approximate surface area is 315 Å². The summed E-state index contributed by atoms with van der Waals surface area (Å²) < 4.78 is 1.52. The molecule has 51 heavy (non-hydrogen) atoms. The molecule has 1 aliphatic heterocycles. The van der Waals surface area contributed by atoms with Crippen molar-refractivity contribution in [1.29, 1.82) is 0 Å². The monoisotopic (exact) mass is 693 g/mol. The number of nitrogens with zero attached hydrogens (tertiary/aromatic N) is 2. The van der Waals surface area contributed by atoms with Crippen molar-refractivity contribution in [2.75, 3.05) is 0 Å². The largest absolute Gasteiger partial charge is 0.493 e. The van der Waals surface area contributed by atoms with E-state index in [0.717, 1.165) is 61.0 Å². The molecule has 0 atom stereocenters. The van der Waals surface area contributed by atoms with Crippen molar-refractivity contribution >= 4 is 11.4 Å². The average molecular weight is 693 g/mol. The van der Waals surface area contributed by atoms with Gasteiger partial charge in [-0.2, -0.15) is 0 Å². The highest BCUT2D eigenvalue weighted by Gasteiger charge is 2.34. The van der Waals surface area contributed by atoms with Crippen LogP contribution < -0.4 is 0 Å². The SMILES string of the molecule is CCCCCCCCCCCCCCCCCC=CC1=C(c2ccc(CCCCCC)cc2)[N+](=[N-])C(c2ccc(CCCC)cc2)=C1CCCC. The Balaban J connectivity index is 1.63. The van der Waals surface area contributed by atoms with Crippen molar-refractivity contribution in [2.45, 2.75) is 201 Å². The first-order chi connectivity index (χ1) is 25.1. The average Bonchev–Trinajstić information content (AvgIpc) is 3.43. The highest BCUT2D eigenvalue weighted by Crippen LogP contribution is 2.43. The molecule has 1 heterocycles. The number of aryl methyl sites for hydroxylation is 2. The van der Waals surface area contributed by atoms with Crippen LogP contribution in [0.5, 0.6) is 0 Å². The van der Waals surface area contributed by atoms with Gasteiger partial charge in [-0.3, -0.25) is 0 Å². The van der Waals surface area contributed by atoms with Crippen LogP contribution in [0.1, 0.15) is 210 Å². The van der Waals surface area contributed by atoms with E-state index in [1.165, 1.54) is 162 Å². The number of unbranched alkanes of at least 4 members (excludes halogenated alkanes) is 20. The number of hydrogen-bond acceptors (Lipinski definition) is 0. The molecular weight excluding hydrogens is 617 g/mol. The molecule has 2 aromatic carbocycles. The second kappa shape index (κ2) is 26.9. The number of hydrogen-bond donors (Lipinski definition) is 0. The van der Waals surface area contributed by atoms with E-state index in [0.29, 0.717) is 0 Å². The molecule has 3 rings (SSSR count). The zero-order valence-corrected chi connectivity index (χ0v) is 33.8. The van der Waals surface area contributed by atoms with E-state index in [2.05, 4.69) is 88.4 Å². The third kappa shape index (κ3) is 15.8. The maximum absolute atomic E-state index is 12.0. The Morgan fingerprint density at radius 1 is 0.431 bits per heavy atom. The summed E-state index contributed by atoms with van der Waals surface area (Å²) in [6, 6.07) is 18.0. The number of allylic oxidation sites excluding steroid dienone is 4. The minimum atomic E-state index is 0.941. The van der Waals surface area contributed by atoms with Gasteiger partial charge in [-0.15, -0.1) is 0 Å². The summed E-state index contributed by atoms with van der Waals surface area (Å²) in [5.41, 5.74) is 21.4. The first-order valence-corrected chi connectivity index (χ1v) is 22.0. The minimum Gasteiger partial charge on any atom is -0.493 e. The van der Waals surface area contributed by atoms with Crippen LogP contribution in [0.2, 0.25) is 0 Å². The number of benzene rings is 2. The Bertz CT molecular complexity index is 1310. The molecule has 0 amide bonds. The molecule has 282 valence electrons. The lowest BCUT2D eigenvalue weighted by molar-refractivity contribution is -0.345. The van der Waals surface area contributed by atoms with Gasteiger partial charge >= 0.3 is 0 Å². The topological polar surface area (TPSA) is 25.3 Å². The Hall–Kier alpha value is -2.74. The molecule has 0 saturated carbocycles. The molecule has 2 aromatic rings. The van der Waals surface area contributed by atoms with Crippen molar-refractivity contribution in [2.24, 2.45) is 0 Å². The highest BCUT2D eigenvalue weighted by molar-refractivity contribution is 5.84. The van der Waals surface area contributed by atoms with Gasteiger partial charge in [0.05, 0.1) is 5.57 Å². The van der Waals surface area contributed by atoms with Crippen molar-refractivity contribution in [3.63, 3.8) is 0 Å². The highest BCUT2D eigenvalue weighted by atomic mass is 15.2. The van der Waals surface area contributed by atoms with E-state index in [-0.39, 0.29) is 0 Å². The summed E-state index contributed by atoms with van der Waals surface area (Å²) in [4.78, 5) is 0. The number of rotatable bonds is 30. The quantitative estimate of drug-likeness (QED) is 0.0575. The second-order valence-electron chi connectivity index (χ2n) is 15.5. The molecule has 0 aliphatic carbocycles. The molecule has 0 aromatic heterocycles. The fraction of sp³-hybridized carbons (Fsp3) is 0.633. The Morgan fingerprint density at radius 3 is 1.31 bits per heavy atom. The first-order valence-electron chi connectivity index (χ1n) is 22.0. The molecule has 2 heteroatoms. The van der Waals surface area contributed by atoms with Crippen LogP contribution in [0.25, 0.3) is 16.9 Å². The van der Waals surface area contributed by atoms with E-state index in [4.69, 9.17) is 0 Å². The van der Waals surface area contributed by atoms with Gasteiger partial charge in [0.25, 0.3) is 0 Å². The maximum Gasteiger partial charge on any atom is 0.215 e. The summed E-state index contributed by atoms with van der Waals surface area (Å²) in [6.07, 6.45) is 39.8. The van der Waals surface area contributed by atoms with E-state index < -0.39 is 0 Å². The van der Waals surface area contributed by atoms with Crippen molar-refractivity contribution < 1.29 is 4.70 Å². The predicted octanol–water partition coefficient (Wildman–Crippen LogP) is 16.3. The van der Waals surface area contributed by atoms with Crippen LogP contribution in [0.15, 0.2) is 71.8 Å². The Kier molecular flexibility index (Phi) is 22.5. The lowest BCUT2D eigenvalue weighted by atomic mass is 9.94. The van der Waals surface area contributed by atoms with Gasteiger partial charge in [-0.25, -0.2) is 4.70 Å². The van der Waals surface area contributed by atoms with Gasteiger partial charge in [0.15, 0.2) is 0 Å². The zero-order valence-electron chi connectivity index (χ0n) is 33.8. The molecule has 0 radical (unpaired) electrons. The van der Waals surface area contributed by atoms with Gasteiger partial charge in [0.2, 0.25) is 11.4 Å². The zero-order chi connectivity index (χ0) is 36.4. The van der Waals surface area contributed by atoms with Crippen LogP contribution in [0.3, 0.4) is 0 Å². The predicted molar refractivity (Wildman–Crippen MR) is 225 cm³/mol. The van der Waals surface area contributed by atoms with Crippen molar-refractivity contribution in [1.82, 2.24) is 0 Å². The van der Waals surface area contributed by atoms with Crippen LogP contribution in [-0.2, 0) is 12.8 Å². The van der Waals surface area contributed by atoms with Gasteiger partial charge in [-0.1, -0.05) is 186 Å². The molecule has 0 bridgehead atoms. The summed E-state index contributed by atoms with van der Waals surface area (Å²) in [5, 5.41) is 0. The van der Waals surface area contributed by atoms with Gasteiger partial charge < -0.3 is 5.53 Å². The molecule has 0 spiro atoms. The summed E-state index contributed by atoms with van der Waals surface area (Å²) in [7, 11) is 0.